The van der Waals surface area contributed by atoms with E-state index in [1.165, 1.54) is 36.4 Å². The van der Waals surface area contributed by atoms with Crippen molar-refractivity contribution in [1.29, 1.82) is 0 Å². The molecule has 2 aliphatic heterocycles. The van der Waals surface area contributed by atoms with Gasteiger partial charge < -0.3 is 19.7 Å². The van der Waals surface area contributed by atoms with Gasteiger partial charge in [-0.05, 0) is 50.2 Å². The van der Waals surface area contributed by atoms with Crippen molar-refractivity contribution in [3.63, 3.8) is 0 Å². The largest absolute Gasteiger partial charge is 0.334 e. The number of benzene rings is 2. The van der Waals surface area contributed by atoms with Gasteiger partial charge in [-0.25, -0.2) is 8.78 Å². The zero-order chi connectivity index (χ0) is 29.6. The van der Waals surface area contributed by atoms with Crippen molar-refractivity contribution in [2.45, 2.75) is 25.9 Å². The Bertz CT molecular complexity index is 1360. The molecule has 2 aromatic carbocycles. The number of nitrogens with zero attached hydrogens (tertiary/aromatic N) is 6. The predicted molar refractivity (Wildman–Crippen MR) is 155 cm³/mol. The zero-order valence-electron chi connectivity index (χ0n) is 23.3. The minimum atomic E-state index is -0.426. The highest BCUT2D eigenvalue weighted by Crippen LogP contribution is 2.28. The van der Waals surface area contributed by atoms with Gasteiger partial charge in [-0.2, -0.15) is 9.97 Å². The number of halogens is 4. The fraction of sp³-hybridized carbons (Fsp3) is 0.429. The van der Waals surface area contributed by atoms with Crippen molar-refractivity contribution in [3.05, 3.63) is 69.7 Å². The molecule has 0 unspecified atom stereocenters. The van der Waals surface area contributed by atoms with Crippen molar-refractivity contribution in [2.75, 3.05) is 52.4 Å². The highest BCUT2D eigenvalue weighted by Gasteiger charge is 2.25. The van der Waals surface area contributed by atoms with E-state index in [0.29, 0.717) is 21.7 Å². The Morgan fingerprint density at radius 2 is 1.07 bits per heavy atom. The van der Waals surface area contributed by atoms with E-state index in [4.69, 9.17) is 32.2 Å². The molecule has 14 heteroatoms. The van der Waals surface area contributed by atoms with E-state index < -0.39 is 11.6 Å². The van der Waals surface area contributed by atoms with Gasteiger partial charge in [-0.3, -0.25) is 9.80 Å². The molecule has 4 heterocycles. The Kier molecular flexibility index (Phi) is 10.1. The maximum atomic E-state index is 13.8. The standard InChI is InChI=1S/2C14H16ClFN4O/c2*1-9(20-6-4-17-5-7-20)13-18-14(21-19-13)11-8-10(15)2-3-12(11)16/h2*2-3,8-9,17H,4-7H2,1H3/t2*9-/m00/s1. The molecule has 2 fully saturated rings. The monoisotopic (exact) mass is 620 g/mol. The maximum absolute atomic E-state index is 13.8. The molecule has 2 N–H and O–H groups in total. The molecule has 2 aliphatic rings. The number of nitrogens with one attached hydrogen (secondary N) is 2. The van der Waals surface area contributed by atoms with E-state index >= 15 is 0 Å². The average molecular weight is 622 g/mol. The molecule has 2 saturated heterocycles. The fourth-order valence-corrected chi connectivity index (χ4v) is 5.16. The summed E-state index contributed by atoms with van der Waals surface area (Å²) >= 11 is 11.8. The number of aromatic nitrogens is 4. The Labute approximate surface area is 252 Å². The van der Waals surface area contributed by atoms with Crippen LogP contribution in [0.1, 0.15) is 37.6 Å². The first kappa shape index (κ1) is 30.5. The third kappa shape index (κ3) is 7.31. The Balaban J connectivity index is 0.000000168. The number of piperazine rings is 2. The lowest BCUT2D eigenvalue weighted by Crippen LogP contribution is -2.44. The van der Waals surface area contributed by atoms with Crippen LogP contribution in [-0.4, -0.2) is 82.4 Å². The van der Waals surface area contributed by atoms with Gasteiger partial charge >= 0.3 is 0 Å². The van der Waals surface area contributed by atoms with Crippen LogP contribution in [0, 0.1) is 11.6 Å². The summed E-state index contributed by atoms with van der Waals surface area (Å²) in [6.45, 7) is 11.5. The van der Waals surface area contributed by atoms with Crippen LogP contribution in [0.2, 0.25) is 10.0 Å². The lowest BCUT2D eigenvalue weighted by Gasteiger charge is -2.30. The van der Waals surface area contributed by atoms with Gasteiger partial charge in [-0.1, -0.05) is 33.5 Å². The fourth-order valence-electron chi connectivity index (χ4n) is 4.82. The Morgan fingerprint density at radius 1 is 0.690 bits per heavy atom. The lowest BCUT2D eigenvalue weighted by atomic mass is 10.2. The molecule has 2 atom stereocenters. The number of hydrogen-bond donors (Lipinski definition) is 2. The molecule has 10 nitrogen and oxygen atoms in total. The molecule has 0 spiro atoms. The predicted octanol–water partition coefficient (Wildman–Crippen LogP) is 4.99. The maximum Gasteiger partial charge on any atom is 0.261 e. The normalized spacial score (nSPS) is 17.9. The molecule has 0 saturated carbocycles. The van der Waals surface area contributed by atoms with Crippen LogP contribution in [0.3, 0.4) is 0 Å². The van der Waals surface area contributed by atoms with Crippen LogP contribution < -0.4 is 10.6 Å². The Morgan fingerprint density at radius 3 is 1.45 bits per heavy atom. The van der Waals surface area contributed by atoms with E-state index in [0.717, 1.165) is 52.4 Å². The molecule has 2 aromatic heterocycles. The molecular formula is C28H32Cl2F2N8O2. The van der Waals surface area contributed by atoms with E-state index in [1.54, 1.807) is 0 Å². The third-order valence-corrected chi connectivity index (χ3v) is 7.82. The van der Waals surface area contributed by atoms with Crippen molar-refractivity contribution in [3.8, 4) is 22.9 Å². The summed E-state index contributed by atoms with van der Waals surface area (Å²) in [5.41, 5.74) is 0.461. The van der Waals surface area contributed by atoms with Crippen molar-refractivity contribution in [2.24, 2.45) is 0 Å². The molecule has 0 bridgehead atoms. The second-order valence-corrected chi connectivity index (χ2v) is 11.0. The van der Waals surface area contributed by atoms with E-state index in [1.807, 2.05) is 13.8 Å². The summed E-state index contributed by atoms with van der Waals surface area (Å²) < 4.78 is 38.0. The van der Waals surface area contributed by atoms with Crippen LogP contribution in [0.5, 0.6) is 0 Å². The first-order valence-electron chi connectivity index (χ1n) is 13.8. The number of rotatable bonds is 6. The number of hydrogen-bond acceptors (Lipinski definition) is 10. The van der Waals surface area contributed by atoms with Crippen LogP contribution >= 0.6 is 23.2 Å². The molecule has 224 valence electrons. The first-order valence-corrected chi connectivity index (χ1v) is 14.5. The lowest BCUT2D eigenvalue weighted by molar-refractivity contribution is 0.176. The van der Waals surface area contributed by atoms with E-state index in [2.05, 4.69) is 40.7 Å². The topological polar surface area (TPSA) is 108 Å². The summed E-state index contributed by atoms with van der Waals surface area (Å²) in [5.74, 6) is 0.588. The summed E-state index contributed by atoms with van der Waals surface area (Å²) in [6.07, 6.45) is 0. The summed E-state index contributed by atoms with van der Waals surface area (Å²) in [6, 6.07) is 8.61. The average Bonchev–Trinajstić information content (AvgIpc) is 3.71. The molecule has 0 radical (unpaired) electrons. The molecular weight excluding hydrogens is 589 g/mol. The van der Waals surface area contributed by atoms with E-state index in [9.17, 15) is 8.78 Å². The van der Waals surface area contributed by atoms with Gasteiger partial charge in [0.15, 0.2) is 11.6 Å². The van der Waals surface area contributed by atoms with Gasteiger partial charge in [0.1, 0.15) is 11.6 Å². The zero-order valence-corrected chi connectivity index (χ0v) is 24.8. The molecule has 6 rings (SSSR count). The van der Waals surface area contributed by atoms with Crippen LogP contribution in [-0.2, 0) is 0 Å². The Hall–Kier alpha value is -3.00. The van der Waals surface area contributed by atoms with Gasteiger partial charge in [0, 0.05) is 62.4 Å². The first-order chi connectivity index (χ1) is 20.3. The third-order valence-electron chi connectivity index (χ3n) is 7.35. The SMILES string of the molecule is C[C@@H](c1noc(-c2cc(Cl)ccc2F)n1)N1CCNCC1.C[C@@H](c1noc(-c2cc(Cl)ccc2F)n1)N1CCNCC1. The van der Waals surface area contributed by atoms with Crippen molar-refractivity contribution < 1.29 is 17.8 Å². The molecule has 0 amide bonds. The molecule has 42 heavy (non-hydrogen) atoms. The van der Waals surface area contributed by atoms with Crippen LogP contribution in [0.15, 0.2) is 45.4 Å². The minimum absolute atomic E-state index is 0.0341. The van der Waals surface area contributed by atoms with Gasteiger partial charge in [0.25, 0.3) is 11.8 Å². The van der Waals surface area contributed by atoms with E-state index in [-0.39, 0.29) is 35.0 Å². The second-order valence-electron chi connectivity index (χ2n) is 10.1. The molecule has 0 aliphatic carbocycles. The molecule has 4 aromatic rings. The second kappa shape index (κ2) is 14.0. The van der Waals surface area contributed by atoms with Crippen LogP contribution in [0.25, 0.3) is 22.9 Å². The van der Waals surface area contributed by atoms with Crippen molar-refractivity contribution >= 4 is 23.2 Å². The highest BCUT2D eigenvalue weighted by atomic mass is 35.5. The quantitative estimate of drug-likeness (QED) is 0.306. The smallest absolute Gasteiger partial charge is 0.261 e. The van der Waals surface area contributed by atoms with Crippen LogP contribution in [0.4, 0.5) is 8.78 Å². The van der Waals surface area contributed by atoms with Gasteiger partial charge in [0.05, 0.1) is 23.2 Å². The summed E-state index contributed by atoms with van der Waals surface area (Å²) in [5, 5.41) is 15.4. The van der Waals surface area contributed by atoms with Crippen molar-refractivity contribution in [1.82, 2.24) is 40.7 Å². The minimum Gasteiger partial charge on any atom is -0.334 e. The van der Waals surface area contributed by atoms with Gasteiger partial charge in [-0.15, -0.1) is 0 Å². The van der Waals surface area contributed by atoms with Gasteiger partial charge in [0.2, 0.25) is 0 Å². The summed E-state index contributed by atoms with van der Waals surface area (Å²) in [7, 11) is 0. The summed E-state index contributed by atoms with van der Waals surface area (Å²) in [4.78, 5) is 13.2. The highest BCUT2D eigenvalue weighted by molar-refractivity contribution is 6.31.